The molecule has 0 saturated carbocycles. The zero-order chi connectivity index (χ0) is 12.7. The summed E-state index contributed by atoms with van der Waals surface area (Å²) in [5.74, 6) is -0.833. The van der Waals surface area contributed by atoms with Crippen LogP contribution in [0.4, 0.5) is 4.79 Å². The molecule has 5 nitrogen and oxygen atoms in total. The molecule has 1 atom stereocenters. The predicted octanol–water partition coefficient (Wildman–Crippen LogP) is 1.83. The number of carboxylic acids is 1. The Morgan fingerprint density at radius 2 is 2.18 bits per heavy atom. The maximum Gasteiger partial charge on any atom is 0.317 e. The minimum Gasteiger partial charge on any atom is -0.481 e. The Hall–Kier alpha value is -1.26. The van der Waals surface area contributed by atoms with E-state index in [1.807, 2.05) is 0 Å². The van der Waals surface area contributed by atoms with Crippen LogP contribution in [-0.2, 0) is 4.79 Å². The molecule has 0 aliphatic carbocycles. The van der Waals surface area contributed by atoms with Gasteiger partial charge in [-0.3, -0.25) is 4.79 Å². The Bertz CT molecular complexity index is 268. The topological polar surface area (TPSA) is 69.6 Å². The summed E-state index contributed by atoms with van der Waals surface area (Å²) in [5.41, 5.74) is 0. The van der Waals surface area contributed by atoms with Gasteiger partial charge in [0.1, 0.15) is 0 Å². The van der Waals surface area contributed by atoms with Gasteiger partial charge in [-0.2, -0.15) is 0 Å². The average molecular weight is 242 g/mol. The Morgan fingerprint density at radius 1 is 1.41 bits per heavy atom. The predicted molar refractivity (Wildman–Crippen MR) is 64.9 cm³/mol. The third kappa shape index (κ3) is 4.63. The molecule has 0 bridgehead atoms. The van der Waals surface area contributed by atoms with Crippen LogP contribution < -0.4 is 5.32 Å². The molecule has 2 N–H and O–H groups in total. The Balaban J connectivity index is 2.31. The highest BCUT2D eigenvalue weighted by molar-refractivity contribution is 5.76. The van der Waals surface area contributed by atoms with Crippen LogP contribution in [0.25, 0.3) is 0 Å². The molecule has 1 rings (SSSR count). The van der Waals surface area contributed by atoms with E-state index >= 15 is 0 Å². The van der Waals surface area contributed by atoms with Crippen molar-refractivity contribution in [2.24, 2.45) is 0 Å². The standard InChI is InChI=1S/C12H22N2O3/c1-2-3-4-7-13-12(17)14-8-5-6-10(14)9-11(15)16/h10H,2-9H2,1H3,(H,13,17)(H,15,16). The van der Waals surface area contributed by atoms with Crippen molar-refractivity contribution in [1.29, 1.82) is 0 Å². The number of nitrogens with zero attached hydrogens (tertiary/aromatic N) is 1. The lowest BCUT2D eigenvalue weighted by atomic mass is 10.1. The lowest BCUT2D eigenvalue weighted by Gasteiger charge is -2.23. The molecule has 0 spiro atoms. The molecule has 2 amide bonds. The average Bonchev–Trinajstić information content (AvgIpc) is 2.71. The summed E-state index contributed by atoms with van der Waals surface area (Å²) in [6.45, 7) is 3.48. The van der Waals surface area contributed by atoms with Crippen molar-refractivity contribution in [3.05, 3.63) is 0 Å². The first-order valence-corrected chi connectivity index (χ1v) is 6.41. The molecule has 0 aromatic carbocycles. The van der Waals surface area contributed by atoms with E-state index in [0.29, 0.717) is 13.1 Å². The Morgan fingerprint density at radius 3 is 2.82 bits per heavy atom. The maximum absolute atomic E-state index is 11.8. The second-order valence-electron chi connectivity index (χ2n) is 4.53. The lowest BCUT2D eigenvalue weighted by Crippen LogP contribution is -2.43. The van der Waals surface area contributed by atoms with Gasteiger partial charge in [0.2, 0.25) is 0 Å². The van der Waals surface area contributed by atoms with Crippen molar-refractivity contribution in [2.75, 3.05) is 13.1 Å². The zero-order valence-corrected chi connectivity index (χ0v) is 10.4. The monoisotopic (exact) mass is 242 g/mol. The van der Waals surface area contributed by atoms with Gasteiger partial charge in [0, 0.05) is 19.1 Å². The minimum atomic E-state index is -0.833. The fourth-order valence-electron chi connectivity index (χ4n) is 2.19. The molecule has 1 fully saturated rings. The first-order valence-electron chi connectivity index (χ1n) is 6.41. The number of amides is 2. The number of hydrogen-bond donors (Lipinski definition) is 2. The molecule has 1 saturated heterocycles. The molecule has 98 valence electrons. The highest BCUT2D eigenvalue weighted by Crippen LogP contribution is 2.19. The molecule has 1 aliphatic rings. The van der Waals surface area contributed by atoms with Gasteiger partial charge >= 0.3 is 12.0 Å². The largest absolute Gasteiger partial charge is 0.481 e. The second-order valence-corrected chi connectivity index (χ2v) is 4.53. The van der Waals surface area contributed by atoms with Gasteiger partial charge in [-0.25, -0.2) is 4.79 Å². The SMILES string of the molecule is CCCCCNC(=O)N1CCCC1CC(=O)O. The molecule has 0 aromatic heterocycles. The summed E-state index contributed by atoms with van der Waals surface area (Å²) >= 11 is 0. The molecule has 0 aromatic rings. The third-order valence-electron chi connectivity index (χ3n) is 3.10. The van der Waals surface area contributed by atoms with Crippen LogP contribution in [-0.4, -0.2) is 41.1 Å². The number of likely N-dealkylation sites (tertiary alicyclic amines) is 1. The van der Waals surface area contributed by atoms with Gasteiger partial charge in [-0.15, -0.1) is 0 Å². The van der Waals surface area contributed by atoms with Crippen molar-refractivity contribution in [3.8, 4) is 0 Å². The van der Waals surface area contributed by atoms with Crippen molar-refractivity contribution >= 4 is 12.0 Å². The van der Waals surface area contributed by atoms with Crippen molar-refractivity contribution in [1.82, 2.24) is 10.2 Å². The number of urea groups is 1. The van der Waals surface area contributed by atoms with Crippen LogP contribution >= 0.6 is 0 Å². The number of aliphatic carboxylic acids is 1. The smallest absolute Gasteiger partial charge is 0.317 e. The van der Waals surface area contributed by atoms with Gasteiger partial charge < -0.3 is 15.3 Å². The van der Waals surface area contributed by atoms with E-state index in [4.69, 9.17) is 5.11 Å². The van der Waals surface area contributed by atoms with E-state index < -0.39 is 5.97 Å². The maximum atomic E-state index is 11.8. The molecule has 1 heterocycles. The summed E-state index contributed by atoms with van der Waals surface area (Å²) in [6.07, 6.45) is 4.98. The van der Waals surface area contributed by atoms with Crippen molar-refractivity contribution < 1.29 is 14.7 Å². The normalized spacial score (nSPS) is 19.4. The molecular formula is C12H22N2O3. The second kappa shape index (κ2) is 7.14. The van der Waals surface area contributed by atoms with E-state index in [2.05, 4.69) is 12.2 Å². The minimum absolute atomic E-state index is 0.0579. The number of carboxylic acid groups (broad SMARTS) is 1. The van der Waals surface area contributed by atoms with Crippen LogP contribution in [0.15, 0.2) is 0 Å². The van der Waals surface area contributed by atoms with Crippen LogP contribution in [0.3, 0.4) is 0 Å². The van der Waals surface area contributed by atoms with E-state index in [1.165, 1.54) is 0 Å². The van der Waals surface area contributed by atoms with Gasteiger partial charge in [-0.05, 0) is 19.3 Å². The zero-order valence-electron chi connectivity index (χ0n) is 10.4. The van der Waals surface area contributed by atoms with E-state index in [1.54, 1.807) is 4.90 Å². The van der Waals surface area contributed by atoms with Gasteiger partial charge in [0.05, 0.1) is 6.42 Å². The van der Waals surface area contributed by atoms with Crippen molar-refractivity contribution in [2.45, 2.75) is 51.5 Å². The number of unbranched alkanes of at least 4 members (excludes halogenated alkanes) is 2. The Kier molecular flexibility index (Phi) is 5.80. The molecule has 1 unspecified atom stereocenters. The van der Waals surface area contributed by atoms with Gasteiger partial charge in [0.25, 0.3) is 0 Å². The van der Waals surface area contributed by atoms with Gasteiger partial charge in [-0.1, -0.05) is 19.8 Å². The summed E-state index contributed by atoms with van der Waals surface area (Å²) < 4.78 is 0. The number of hydrogen-bond acceptors (Lipinski definition) is 2. The quantitative estimate of drug-likeness (QED) is 0.698. The molecule has 17 heavy (non-hydrogen) atoms. The summed E-state index contributed by atoms with van der Waals surface area (Å²) in [4.78, 5) is 24.2. The summed E-state index contributed by atoms with van der Waals surface area (Å²) in [6, 6.07) is -0.233. The third-order valence-corrected chi connectivity index (χ3v) is 3.10. The number of carbonyl (C=O) groups excluding carboxylic acids is 1. The fraction of sp³-hybridized carbons (Fsp3) is 0.833. The molecule has 5 heteroatoms. The Labute approximate surface area is 102 Å². The molecule has 0 radical (unpaired) electrons. The van der Waals surface area contributed by atoms with Crippen LogP contribution in [0.1, 0.15) is 45.4 Å². The first-order chi connectivity index (χ1) is 8.15. The van der Waals surface area contributed by atoms with Gasteiger partial charge in [0.15, 0.2) is 0 Å². The lowest BCUT2D eigenvalue weighted by molar-refractivity contribution is -0.137. The number of rotatable bonds is 6. The molecule has 1 aliphatic heterocycles. The van der Waals surface area contributed by atoms with E-state index in [0.717, 1.165) is 32.1 Å². The highest BCUT2D eigenvalue weighted by Gasteiger charge is 2.29. The number of carbonyl (C=O) groups is 2. The first kappa shape index (κ1) is 13.8. The summed E-state index contributed by atoms with van der Waals surface area (Å²) in [7, 11) is 0. The fourth-order valence-corrected chi connectivity index (χ4v) is 2.19. The van der Waals surface area contributed by atoms with Crippen molar-refractivity contribution in [3.63, 3.8) is 0 Å². The van der Waals surface area contributed by atoms with Crippen LogP contribution in [0.2, 0.25) is 0 Å². The molecular weight excluding hydrogens is 220 g/mol. The highest BCUT2D eigenvalue weighted by atomic mass is 16.4. The summed E-state index contributed by atoms with van der Waals surface area (Å²) in [5, 5.41) is 11.6. The van der Waals surface area contributed by atoms with E-state index in [9.17, 15) is 9.59 Å². The number of nitrogens with one attached hydrogen (secondary N) is 1. The van der Waals surface area contributed by atoms with Crippen LogP contribution in [0.5, 0.6) is 0 Å². The van der Waals surface area contributed by atoms with E-state index in [-0.39, 0.29) is 18.5 Å². The van der Waals surface area contributed by atoms with Crippen LogP contribution in [0, 0.1) is 0 Å².